The number of anilines is 1. The third kappa shape index (κ3) is 4.32. The second-order valence-corrected chi connectivity index (χ2v) is 6.48. The first-order valence-electron chi connectivity index (χ1n) is 8.86. The Kier molecular flexibility index (Phi) is 5.58. The van der Waals surface area contributed by atoms with Gasteiger partial charge >= 0.3 is 5.97 Å². The number of rotatable bonds is 9. The van der Waals surface area contributed by atoms with Crippen molar-refractivity contribution >= 4 is 11.7 Å². The van der Waals surface area contributed by atoms with Crippen molar-refractivity contribution in [2.75, 3.05) is 24.6 Å². The predicted molar refractivity (Wildman–Crippen MR) is 96.3 cm³/mol. The summed E-state index contributed by atoms with van der Waals surface area (Å²) >= 11 is 0. The van der Waals surface area contributed by atoms with Gasteiger partial charge in [0.05, 0.1) is 12.9 Å². The van der Waals surface area contributed by atoms with Gasteiger partial charge in [-0.15, -0.1) is 0 Å². The first-order chi connectivity index (χ1) is 12.2. The van der Waals surface area contributed by atoms with Crippen molar-refractivity contribution in [2.45, 2.75) is 38.6 Å². The molecule has 0 saturated heterocycles. The molecule has 1 unspecified atom stereocenters. The van der Waals surface area contributed by atoms with E-state index in [4.69, 9.17) is 4.74 Å². The number of ether oxygens (including phenoxy) is 1. The minimum Gasteiger partial charge on any atom is -0.494 e. The van der Waals surface area contributed by atoms with Crippen LogP contribution < -0.4 is 9.64 Å². The molecule has 0 aliphatic carbocycles. The van der Waals surface area contributed by atoms with Gasteiger partial charge in [-0.1, -0.05) is 13.3 Å². The average molecular weight is 343 g/mol. The third-order valence-electron chi connectivity index (χ3n) is 4.61. The normalized spacial score (nSPS) is 16.0. The SMILES string of the molecule is CCCCOc1ccc2c(c1)C(CCn1ccnc1)CN2CC(=O)O. The largest absolute Gasteiger partial charge is 0.494 e. The molecule has 25 heavy (non-hydrogen) atoms. The number of benzene rings is 1. The molecule has 6 heteroatoms. The molecule has 1 N–H and O–H groups in total. The smallest absolute Gasteiger partial charge is 0.323 e. The molecule has 3 rings (SSSR count). The lowest BCUT2D eigenvalue weighted by atomic mass is 9.97. The lowest BCUT2D eigenvalue weighted by Gasteiger charge is -2.17. The van der Waals surface area contributed by atoms with Gasteiger partial charge in [0.2, 0.25) is 0 Å². The van der Waals surface area contributed by atoms with Gasteiger partial charge in [0.15, 0.2) is 0 Å². The molecule has 1 aliphatic heterocycles. The van der Waals surface area contributed by atoms with Crippen LogP contribution in [-0.4, -0.2) is 40.3 Å². The van der Waals surface area contributed by atoms with E-state index in [1.54, 1.807) is 6.20 Å². The van der Waals surface area contributed by atoms with Crippen LogP contribution in [-0.2, 0) is 11.3 Å². The Hall–Kier alpha value is -2.50. The molecule has 1 aromatic heterocycles. The van der Waals surface area contributed by atoms with Crippen molar-refractivity contribution in [2.24, 2.45) is 0 Å². The van der Waals surface area contributed by atoms with Crippen LogP contribution in [0.25, 0.3) is 0 Å². The van der Waals surface area contributed by atoms with E-state index in [9.17, 15) is 9.90 Å². The number of hydrogen-bond acceptors (Lipinski definition) is 4. The molecule has 2 heterocycles. The Bertz CT molecular complexity index is 700. The fraction of sp³-hybridized carbons (Fsp3) is 0.474. The molecular formula is C19H25N3O3. The molecule has 134 valence electrons. The van der Waals surface area contributed by atoms with E-state index in [2.05, 4.69) is 22.5 Å². The maximum atomic E-state index is 11.2. The molecule has 1 aromatic carbocycles. The topological polar surface area (TPSA) is 67.6 Å². The summed E-state index contributed by atoms with van der Waals surface area (Å²) < 4.78 is 7.89. The highest BCUT2D eigenvalue weighted by Crippen LogP contribution is 2.40. The van der Waals surface area contributed by atoms with Crippen LogP contribution in [0.4, 0.5) is 5.69 Å². The second-order valence-electron chi connectivity index (χ2n) is 6.48. The maximum absolute atomic E-state index is 11.2. The van der Waals surface area contributed by atoms with Crippen molar-refractivity contribution in [3.05, 3.63) is 42.5 Å². The average Bonchev–Trinajstić information content (AvgIpc) is 3.21. The summed E-state index contributed by atoms with van der Waals surface area (Å²) in [6, 6.07) is 6.03. The summed E-state index contributed by atoms with van der Waals surface area (Å²) in [4.78, 5) is 17.2. The van der Waals surface area contributed by atoms with Gasteiger partial charge in [-0.2, -0.15) is 0 Å². The van der Waals surface area contributed by atoms with Crippen LogP contribution in [0.3, 0.4) is 0 Å². The van der Waals surface area contributed by atoms with E-state index in [0.29, 0.717) is 12.5 Å². The zero-order valence-corrected chi connectivity index (χ0v) is 14.6. The predicted octanol–water partition coefficient (Wildman–Crippen LogP) is 3.14. The van der Waals surface area contributed by atoms with Crippen molar-refractivity contribution in [3.8, 4) is 5.75 Å². The fourth-order valence-electron chi connectivity index (χ4n) is 3.32. The number of unbranched alkanes of at least 4 members (excludes halogenated alkanes) is 1. The van der Waals surface area contributed by atoms with Gasteiger partial charge in [0, 0.05) is 37.1 Å². The molecular weight excluding hydrogens is 318 g/mol. The van der Waals surface area contributed by atoms with E-state index < -0.39 is 5.97 Å². The van der Waals surface area contributed by atoms with Gasteiger partial charge < -0.3 is 19.3 Å². The quantitative estimate of drug-likeness (QED) is 0.709. The molecule has 6 nitrogen and oxygen atoms in total. The number of hydrogen-bond donors (Lipinski definition) is 1. The summed E-state index contributed by atoms with van der Waals surface area (Å²) in [5, 5.41) is 9.18. The number of carboxylic acid groups (broad SMARTS) is 1. The number of nitrogens with zero attached hydrogens (tertiary/aromatic N) is 3. The first-order valence-corrected chi connectivity index (χ1v) is 8.86. The fourth-order valence-corrected chi connectivity index (χ4v) is 3.32. The highest BCUT2D eigenvalue weighted by atomic mass is 16.5. The summed E-state index contributed by atoms with van der Waals surface area (Å²) in [6.45, 7) is 4.49. The van der Waals surface area contributed by atoms with Crippen LogP contribution in [0.15, 0.2) is 36.9 Å². The maximum Gasteiger partial charge on any atom is 0.323 e. The number of aryl methyl sites for hydroxylation is 1. The summed E-state index contributed by atoms with van der Waals surface area (Å²) in [5.41, 5.74) is 2.20. The first kappa shape index (κ1) is 17.3. The van der Waals surface area contributed by atoms with Crippen LogP contribution >= 0.6 is 0 Å². The van der Waals surface area contributed by atoms with Crippen LogP contribution in [0.2, 0.25) is 0 Å². The van der Waals surface area contributed by atoms with E-state index in [1.807, 2.05) is 29.6 Å². The number of aliphatic carboxylic acids is 1. The number of carbonyl (C=O) groups is 1. The number of aromatic nitrogens is 2. The van der Waals surface area contributed by atoms with Crippen molar-refractivity contribution in [3.63, 3.8) is 0 Å². The minimum absolute atomic E-state index is 0.0324. The van der Waals surface area contributed by atoms with Gasteiger partial charge in [-0.25, -0.2) is 4.98 Å². The van der Waals surface area contributed by atoms with Gasteiger partial charge in [-0.3, -0.25) is 4.79 Å². The van der Waals surface area contributed by atoms with Gasteiger partial charge in [-0.05, 0) is 36.6 Å². The van der Waals surface area contributed by atoms with Gasteiger partial charge in [0.1, 0.15) is 12.3 Å². The molecule has 0 fully saturated rings. The van der Waals surface area contributed by atoms with Crippen molar-refractivity contribution in [1.29, 1.82) is 0 Å². The molecule has 1 aliphatic rings. The highest BCUT2D eigenvalue weighted by Gasteiger charge is 2.30. The zero-order chi connectivity index (χ0) is 17.6. The number of imidazole rings is 1. The zero-order valence-electron chi connectivity index (χ0n) is 14.6. The monoisotopic (exact) mass is 343 g/mol. The molecule has 2 aromatic rings. The van der Waals surface area contributed by atoms with E-state index in [1.165, 1.54) is 5.56 Å². The Morgan fingerprint density at radius 3 is 3.04 bits per heavy atom. The van der Waals surface area contributed by atoms with Crippen LogP contribution in [0.5, 0.6) is 5.75 Å². The Labute approximate surface area is 148 Å². The van der Waals surface area contributed by atoms with Gasteiger partial charge in [0.25, 0.3) is 0 Å². The second kappa shape index (κ2) is 8.05. The lowest BCUT2D eigenvalue weighted by molar-refractivity contribution is -0.135. The molecule has 0 bridgehead atoms. The lowest BCUT2D eigenvalue weighted by Crippen LogP contribution is -2.28. The van der Waals surface area contributed by atoms with Crippen LogP contribution in [0.1, 0.15) is 37.7 Å². The van der Waals surface area contributed by atoms with Crippen molar-refractivity contribution in [1.82, 2.24) is 9.55 Å². The van der Waals surface area contributed by atoms with E-state index in [-0.39, 0.29) is 6.54 Å². The standard InChI is InChI=1S/C19H25N3O3/c1-2-3-10-25-16-4-5-18-17(11-16)15(12-22(18)13-19(23)24)6-8-21-9-7-20-14-21/h4-5,7,9,11,14-15H,2-3,6,8,10,12-13H2,1H3,(H,23,24). The highest BCUT2D eigenvalue weighted by molar-refractivity contribution is 5.76. The molecule has 0 radical (unpaired) electrons. The third-order valence-corrected chi connectivity index (χ3v) is 4.61. The summed E-state index contributed by atoms with van der Waals surface area (Å²) in [7, 11) is 0. The molecule has 1 atom stereocenters. The van der Waals surface area contributed by atoms with Crippen LogP contribution in [0, 0.1) is 0 Å². The Balaban J connectivity index is 1.75. The molecule has 0 spiro atoms. The number of carboxylic acids is 1. The Morgan fingerprint density at radius 1 is 1.44 bits per heavy atom. The van der Waals surface area contributed by atoms with E-state index in [0.717, 1.165) is 43.8 Å². The minimum atomic E-state index is -0.801. The number of fused-ring (bicyclic) bond motifs is 1. The Morgan fingerprint density at radius 2 is 2.32 bits per heavy atom. The van der Waals surface area contributed by atoms with E-state index >= 15 is 0 Å². The summed E-state index contributed by atoms with van der Waals surface area (Å²) in [6.07, 6.45) is 8.62. The van der Waals surface area contributed by atoms with Crippen molar-refractivity contribution < 1.29 is 14.6 Å². The molecule has 0 saturated carbocycles. The molecule has 0 amide bonds. The summed E-state index contributed by atoms with van der Waals surface area (Å²) in [5.74, 6) is 0.368.